The van der Waals surface area contributed by atoms with Crippen molar-refractivity contribution in [1.82, 2.24) is 15.5 Å². The van der Waals surface area contributed by atoms with Gasteiger partial charge in [-0.3, -0.25) is 0 Å². The predicted octanol–water partition coefficient (Wildman–Crippen LogP) is 4.42. The van der Waals surface area contributed by atoms with E-state index in [4.69, 9.17) is 0 Å². The molecule has 3 aromatic rings. The van der Waals surface area contributed by atoms with Crippen molar-refractivity contribution in [3.63, 3.8) is 0 Å². The van der Waals surface area contributed by atoms with Crippen molar-refractivity contribution in [3.8, 4) is 0 Å². The molecule has 0 saturated carbocycles. The second kappa shape index (κ2) is 10.4. The van der Waals surface area contributed by atoms with Crippen LogP contribution in [-0.2, 0) is 0 Å². The van der Waals surface area contributed by atoms with E-state index in [9.17, 15) is 4.79 Å². The van der Waals surface area contributed by atoms with E-state index in [1.54, 1.807) is 0 Å². The Labute approximate surface area is 173 Å². The van der Waals surface area contributed by atoms with Crippen molar-refractivity contribution in [2.45, 2.75) is 12.0 Å². The molecule has 1 atom stereocenters. The van der Waals surface area contributed by atoms with Gasteiger partial charge < -0.3 is 15.5 Å². The standard InChI is InChI=1S/C25H29N3O/c1-28(2)19-24(22-16-10-5-11-17-22)27-25(29)26-18-23(20-12-6-3-7-13-20)21-14-8-4-9-15-21/h3-17,23-24H,18-19H2,1-2H3,(H2,26,27,29). The molecule has 0 aliphatic rings. The van der Waals surface area contributed by atoms with Crippen LogP contribution in [-0.4, -0.2) is 38.1 Å². The van der Waals surface area contributed by atoms with Crippen LogP contribution in [0.3, 0.4) is 0 Å². The second-order valence-electron chi connectivity index (χ2n) is 7.45. The Hall–Kier alpha value is -3.11. The number of nitrogens with zero attached hydrogens (tertiary/aromatic N) is 1. The summed E-state index contributed by atoms with van der Waals surface area (Å²) < 4.78 is 0. The van der Waals surface area contributed by atoms with Gasteiger partial charge >= 0.3 is 6.03 Å². The lowest BCUT2D eigenvalue weighted by Gasteiger charge is -2.24. The Morgan fingerprint density at radius 2 is 1.21 bits per heavy atom. The Bertz CT molecular complexity index is 827. The van der Waals surface area contributed by atoms with Crippen LogP contribution < -0.4 is 10.6 Å². The lowest BCUT2D eigenvalue weighted by atomic mass is 9.91. The number of hydrogen-bond acceptors (Lipinski definition) is 2. The van der Waals surface area contributed by atoms with Crippen molar-refractivity contribution in [3.05, 3.63) is 108 Å². The van der Waals surface area contributed by atoms with E-state index in [0.29, 0.717) is 6.54 Å². The molecule has 0 saturated heterocycles. The molecule has 0 aliphatic heterocycles. The summed E-state index contributed by atoms with van der Waals surface area (Å²) in [6.45, 7) is 1.27. The van der Waals surface area contributed by atoms with E-state index < -0.39 is 0 Å². The molecule has 0 radical (unpaired) electrons. The highest BCUT2D eigenvalue weighted by Crippen LogP contribution is 2.23. The van der Waals surface area contributed by atoms with E-state index >= 15 is 0 Å². The molecule has 150 valence electrons. The average Bonchev–Trinajstić information content (AvgIpc) is 2.75. The maximum Gasteiger partial charge on any atom is 0.315 e. The number of rotatable bonds is 8. The van der Waals surface area contributed by atoms with Gasteiger partial charge in [0.15, 0.2) is 0 Å². The Balaban J connectivity index is 1.69. The smallest absolute Gasteiger partial charge is 0.315 e. The fraction of sp³-hybridized carbons (Fsp3) is 0.240. The molecule has 0 bridgehead atoms. The molecular formula is C25H29N3O. The van der Waals surface area contributed by atoms with Gasteiger partial charge in [-0.25, -0.2) is 4.79 Å². The SMILES string of the molecule is CN(C)CC(NC(=O)NCC(c1ccccc1)c1ccccc1)c1ccccc1. The molecule has 3 aromatic carbocycles. The van der Waals surface area contributed by atoms with Crippen molar-refractivity contribution < 1.29 is 4.79 Å². The Kier molecular flexibility index (Phi) is 7.42. The molecule has 1 unspecified atom stereocenters. The maximum atomic E-state index is 12.7. The highest BCUT2D eigenvalue weighted by atomic mass is 16.2. The first-order valence-electron chi connectivity index (χ1n) is 9.97. The van der Waals surface area contributed by atoms with Crippen LogP contribution >= 0.6 is 0 Å². The van der Waals surface area contributed by atoms with Crippen molar-refractivity contribution in [2.75, 3.05) is 27.2 Å². The first-order valence-corrected chi connectivity index (χ1v) is 9.97. The fourth-order valence-corrected chi connectivity index (χ4v) is 3.49. The van der Waals surface area contributed by atoms with Gasteiger partial charge in [0.1, 0.15) is 0 Å². The van der Waals surface area contributed by atoms with E-state index in [0.717, 1.165) is 12.1 Å². The van der Waals surface area contributed by atoms with Crippen LogP contribution in [0.25, 0.3) is 0 Å². The first kappa shape index (κ1) is 20.6. The van der Waals surface area contributed by atoms with E-state index in [1.807, 2.05) is 80.8 Å². The van der Waals surface area contributed by atoms with Gasteiger partial charge in [-0.05, 0) is 30.8 Å². The largest absolute Gasteiger partial charge is 0.337 e. The summed E-state index contributed by atoms with van der Waals surface area (Å²) in [5.41, 5.74) is 3.47. The zero-order valence-electron chi connectivity index (χ0n) is 17.1. The molecule has 2 N–H and O–H groups in total. The molecule has 4 nitrogen and oxygen atoms in total. The van der Waals surface area contributed by atoms with Crippen molar-refractivity contribution >= 4 is 6.03 Å². The van der Waals surface area contributed by atoms with Gasteiger partial charge in [0.05, 0.1) is 6.04 Å². The molecule has 0 spiro atoms. The lowest BCUT2D eigenvalue weighted by molar-refractivity contribution is 0.232. The molecule has 0 aliphatic carbocycles. The number of urea groups is 1. The minimum Gasteiger partial charge on any atom is -0.337 e. The minimum atomic E-state index is -0.155. The molecular weight excluding hydrogens is 358 g/mol. The zero-order chi connectivity index (χ0) is 20.5. The summed E-state index contributed by atoms with van der Waals surface area (Å²) in [6, 6.07) is 30.4. The third-order valence-electron chi connectivity index (χ3n) is 4.93. The summed E-state index contributed by atoms with van der Waals surface area (Å²) in [5, 5.41) is 6.22. The number of benzene rings is 3. The number of nitrogens with one attached hydrogen (secondary N) is 2. The van der Waals surface area contributed by atoms with Gasteiger partial charge in [-0.2, -0.15) is 0 Å². The molecule has 0 heterocycles. The fourth-order valence-electron chi connectivity index (χ4n) is 3.49. The minimum absolute atomic E-state index is 0.0712. The summed E-state index contributed by atoms with van der Waals surface area (Å²) in [5.74, 6) is 0.104. The average molecular weight is 388 g/mol. The zero-order valence-corrected chi connectivity index (χ0v) is 17.1. The highest BCUT2D eigenvalue weighted by molar-refractivity contribution is 5.74. The van der Waals surface area contributed by atoms with E-state index in [-0.39, 0.29) is 18.0 Å². The molecule has 0 aromatic heterocycles. The number of likely N-dealkylation sites (N-methyl/N-ethyl adjacent to an activating group) is 1. The van der Waals surface area contributed by atoms with Crippen molar-refractivity contribution in [2.24, 2.45) is 0 Å². The topological polar surface area (TPSA) is 44.4 Å². The number of carbonyl (C=O) groups excluding carboxylic acids is 1. The maximum absolute atomic E-state index is 12.7. The van der Waals surface area contributed by atoms with Crippen LogP contribution in [0.1, 0.15) is 28.7 Å². The summed E-state index contributed by atoms with van der Waals surface area (Å²) in [7, 11) is 4.02. The van der Waals surface area contributed by atoms with Crippen molar-refractivity contribution in [1.29, 1.82) is 0 Å². The van der Waals surface area contributed by atoms with Gasteiger partial charge in [0.25, 0.3) is 0 Å². The normalized spacial score (nSPS) is 12.0. The Morgan fingerprint density at radius 1 is 0.759 bits per heavy atom. The van der Waals surface area contributed by atoms with Crippen LogP contribution in [0.15, 0.2) is 91.0 Å². The molecule has 29 heavy (non-hydrogen) atoms. The summed E-state index contributed by atoms with van der Waals surface area (Å²) in [6.07, 6.45) is 0. The number of carbonyl (C=O) groups is 1. The molecule has 0 fully saturated rings. The van der Waals surface area contributed by atoms with E-state index in [1.165, 1.54) is 11.1 Å². The lowest BCUT2D eigenvalue weighted by Crippen LogP contribution is -2.42. The third kappa shape index (κ3) is 6.19. The molecule has 3 rings (SSSR count). The predicted molar refractivity (Wildman–Crippen MR) is 119 cm³/mol. The number of hydrogen-bond donors (Lipinski definition) is 2. The summed E-state index contributed by atoms with van der Waals surface area (Å²) >= 11 is 0. The van der Waals surface area contributed by atoms with Crippen LogP contribution in [0.5, 0.6) is 0 Å². The Morgan fingerprint density at radius 3 is 1.66 bits per heavy atom. The third-order valence-corrected chi connectivity index (χ3v) is 4.93. The van der Waals surface area contributed by atoms with Crippen LogP contribution in [0.2, 0.25) is 0 Å². The second-order valence-corrected chi connectivity index (χ2v) is 7.45. The van der Waals surface area contributed by atoms with Gasteiger partial charge in [0.2, 0.25) is 0 Å². The van der Waals surface area contributed by atoms with Gasteiger partial charge in [-0.15, -0.1) is 0 Å². The van der Waals surface area contributed by atoms with E-state index in [2.05, 4.69) is 39.8 Å². The number of amides is 2. The molecule has 4 heteroatoms. The first-order chi connectivity index (χ1) is 14.1. The van der Waals surface area contributed by atoms with Crippen LogP contribution in [0.4, 0.5) is 4.79 Å². The highest BCUT2D eigenvalue weighted by Gasteiger charge is 2.18. The van der Waals surface area contributed by atoms with Crippen LogP contribution in [0, 0.1) is 0 Å². The molecule has 2 amide bonds. The quantitative estimate of drug-likeness (QED) is 0.601. The monoisotopic (exact) mass is 387 g/mol. The van der Waals surface area contributed by atoms with Gasteiger partial charge in [0, 0.05) is 19.0 Å². The summed E-state index contributed by atoms with van der Waals surface area (Å²) in [4.78, 5) is 14.8. The van der Waals surface area contributed by atoms with Gasteiger partial charge in [-0.1, -0.05) is 91.0 Å².